The first-order valence-corrected chi connectivity index (χ1v) is 14.4. The molecular formula is C41H30. The minimum atomic E-state index is -0.0114. The monoisotopic (exact) mass is 522 g/mol. The van der Waals surface area contributed by atoms with Crippen LogP contribution in [0.25, 0.3) is 66.1 Å². The third kappa shape index (κ3) is 3.83. The first-order valence-electron chi connectivity index (χ1n) is 14.4. The van der Waals surface area contributed by atoms with Crippen molar-refractivity contribution < 1.29 is 0 Å². The smallest absolute Gasteiger partial charge is 0.0159 e. The van der Waals surface area contributed by atoms with Crippen molar-refractivity contribution in [1.82, 2.24) is 0 Å². The molecule has 0 aromatic heterocycles. The van der Waals surface area contributed by atoms with Gasteiger partial charge in [0, 0.05) is 5.41 Å². The molecule has 7 aromatic rings. The molecule has 41 heavy (non-hydrogen) atoms. The lowest BCUT2D eigenvalue weighted by Gasteiger charge is -2.22. The molecule has 0 saturated heterocycles. The molecule has 0 saturated carbocycles. The minimum absolute atomic E-state index is 0.0114. The van der Waals surface area contributed by atoms with Gasteiger partial charge in [-0.3, -0.25) is 0 Å². The number of hydrogen-bond acceptors (Lipinski definition) is 0. The number of rotatable bonds is 3. The van der Waals surface area contributed by atoms with Crippen LogP contribution in [0.1, 0.15) is 25.0 Å². The molecule has 0 bridgehead atoms. The van der Waals surface area contributed by atoms with E-state index in [9.17, 15) is 0 Å². The van der Waals surface area contributed by atoms with Crippen LogP contribution in [0.4, 0.5) is 0 Å². The Morgan fingerprint density at radius 3 is 1.61 bits per heavy atom. The summed E-state index contributed by atoms with van der Waals surface area (Å²) in [7, 11) is 0. The van der Waals surface area contributed by atoms with Crippen LogP contribution >= 0.6 is 0 Å². The predicted octanol–water partition coefficient (Wildman–Crippen LogP) is 11.3. The Morgan fingerprint density at radius 2 is 0.878 bits per heavy atom. The van der Waals surface area contributed by atoms with Crippen LogP contribution in [0.2, 0.25) is 0 Å². The molecule has 0 fully saturated rings. The standard InChI is InChI=1S/C41H30/c1-41(2)39-17-7-6-16-35(39)38-25-34-21-19-28-18-20-33(24-36(28)37(34)26-40(38)41)32-15-9-14-31(23-32)30-13-8-12-29(22-30)27-10-4-3-5-11-27/h3-26H,1-2H3. The topological polar surface area (TPSA) is 0 Å². The van der Waals surface area contributed by atoms with Crippen molar-refractivity contribution in [2.24, 2.45) is 0 Å². The van der Waals surface area contributed by atoms with E-state index >= 15 is 0 Å². The van der Waals surface area contributed by atoms with Gasteiger partial charge in [0.05, 0.1) is 0 Å². The van der Waals surface area contributed by atoms with Gasteiger partial charge < -0.3 is 0 Å². The zero-order valence-corrected chi connectivity index (χ0v) is 23.4. The van der Waals surface area contributed by atoms with Gasteiger partial charge in [-0.1, -0.05) is 129 Å². The number of hydrogen-bond donors (Lipinski definition) is 0. The average molecular weight is 523 g/mol. The second kappa shape index (κ2) is 9.04. The Bertz CT molecular complexity index is 2110. The summed E-state index contributed by atoms with van der Waals surface area (Å²) in [6.45, 7) is 4.72. The van der Waals surface area contributed by atoms with Crippen molar-refractivity contribution in [2.45, 2.75) is 19.3 Å². The molecule has 1 aliphatic rings. The lowest BCUT2D eigenvalue weighted by Crippen LogP contribution is -2.14. The Kier molecular flexibility index (Phi) is 5.27. The molecule has 7 aromatic carbocycles. The van der Waals surface area contributed by atoms with Gasteiger partial charge in [0.2, 0.25) is 0 Å². The van der Waals surface area contributed by atoms with Gasteiger partial charge in [-0.2, -0.15) is 0 Å². The van der Waals surface area contributed by atoms with Crippen LogP contribution in [-0.2, 0) is 5.41 Å². The fraction of sp³-hybridized carbons (Fsp3) is 0.0732. The number of fused-ring (bicyclic) bond motifs is 6. The van der Waals surface area contributed by atoms with Gasteiger partial charge >= 0.3 is 0 Å². The maximum absolute atomic E-state index is 2.46. The highest BCUT2D eigenvalue weighted by Gasteiger charge is 2.35. The molecule has 1 aliphatic carbocycles. The van der Waals surface area contributed by atoms with Crippen molar-refractivity contribution in [3.8, 4) is 44.5 Å². The molecule has 194 valence electrons. The quantitative estimate of drug-likeness (QED) is 0.202. The molecule has 0 N–H and O–H groups in total. The minimum Gasteiger partial charge on any atom is -0.0622 e. The molecule has 0 spiro atoms. The van der Waals surface area contributed by atoms with Gasteiger partial charge in [-0.05, 0) is 108 Å². The summed E-state index contributed by atoms with van der Waals surface area (Å²) in [5, 5.41) is 5.22. The van der Waals surface area contributed by atoms with Crippen LogP contribution < -0.4 is 0 Å². The third-order valence-electron chi connectivity index (χ3n) is 9.04. The van der Waals surface area contributed by atoms with Crippen LogP contribution in [0, 0.1) is 0 Å². The first kappa shape index (κ1) is 23.9. The van der Waals surface area contributed by atoms with Crippen molar-refractivity contribution in [1.29, 1.82) is 0 Å². The summed E-state index contributed by atoms with van der Waals surface area (Å²) in [6.07, 6.45) is 0. The molecule has 0 heterocycles. The normalized spacial score (nSPS) is 13.3. The van der Waals surface area contributed by atoms with Crippen LogP contribution in [-0.4, -0.2) is 0 Å². The fourth-order valence-electron chi connectivity index (χ4n) is 6.82. The van der Waals surface area contributed by atoms with Crippen LogP contribution in [0.5, 0.6) is 0 Å². The highest BCUT2D eigenvalue weighted by molar-refractivity contribution is 6.11. The third-order valence-corrected chi connectivity index (χ3v) is 9.04. The SMILES string of the molecule is CC1(C)c2ccccc2-c2cc3ccc4ccc(-c5cccc(-c6cccc(-c7ccccc7)c6)c5)cc4c3cc21. The molecule has 8 rings (SSSR count). The Balaban J connectivity index is 1.25. The summed E-state index contributed by atoms with van der Waals surface area (Å²) in [5.74, 6) is 0. The Morgan fingerprint density at radius 1 is 0.341 bits per heavy atom. The van der Waals surface area contributed by atoms with E-state index in [1.807, 2.05) is 0 Å². The van der Waals surface area contributed by atoms with Crippen LogP contribution in [0.15, 0.2) is 146 Å². The molecule has 0 aliphatic heterocycles. The Labute approximate surface area is 241 Å². The summed E-state index contributed by atoms with van der Waals surface area (Å²) in [5.41, 5.74) is 13.0. The summed E-state index contributed by atoms with van der Waals surface area (Å²) >= 11 is 0. The molecule has 0 radical (unpaired) electrons. The van der Waals surface area contributed by atoms with Gasteiger partial charge in [-0.15, -0.1) is 0 Å². The maximum atomic E-state index is 2.46. The maximum Gasteiger partial charge on any atom is 0.0159 e. The fourth-order valence-corrected chi connectivity index (χ4v) is 6.82. The van der Waals surface area contributed by atoms with E-state index in [1.54, 1.807) is 0 Å². The molecule has 0 amide bonds. The summed E-state index contributed by atoms with van der Waals surface area (Å²) in [6, 6.07) is 53.6. The Hall–Kier alpha value is -4.94. The average Bonchev–Trinajstić information content (AvgIpc) is 3.26. The number of benzene rings is 7. The van der Waals surface area contributed by atoms with Gasteiger partial charge in [0.1, 0.15) is 0 Å². The van der Waals surface area contributed by atoms with E-state index in [0.29, 0.717) is 0 Å². The largest absolute Gasteiger partial charge is 0.0622 e. The van der Waals surface area contributed by atoms with Crippen molar-refractivity contribution in [3.05, 3.63) is 157 Å². The highest BCUT2D eigenvalue weighted by Crippen LogP contribution is 2.50. The lowest BCUT2D eigenvalue weighted by molar-refractivity contribution is 0.661. The van der Waals surface area contributed by atoms with E-state index in [4.69, 9.17) is 0 Å². The van der Waals surface area contributed by atoms with E-state index in [1.165, 1.54) is 77.2 Å². The predicted molar refractivity (Wildman–Crippen MR) is 175 cm³/mol. The molecule has 0 unspecified atom stereocenters. The van der Waals surface area contributed by atoms with Crippen molar-refractivity contribution in [2.75, 3.05) is 0 Å². The molecule has 0 nitrogen and oxygen atoms in total. The van der Waals surface area contributed by atoms with Crippen molar-refractivity contribution in [3.63, 3.8) is 0 Å². The van der Waals surface area contributed by atoms with E-state index in [2.05, 4.69) is 159 Å². The van der Waals surface area contributed by atoms with Gasteiger partial charge in [0.25, 0.3) is 0 Å². The molecule has 0 atom stereocenters. The molecule has 0 heteroatoms. The van der Waals surface area contributed by atoms with Gasteiger partial charge in [0.15, 0.2) is 0 Å². The second-order valence-corrected chi connectivity index (χ2v) is 11.8. The summed E-state index contributed by atoms with van der Waals surface area (Å²) in [4.78, 5) is 0. The second-order valence-electron chi connectivity index (χ2n) is 11.8. The van der Waals surface area contributed by atoms with Gasteiger partial charge in [-0.25, -0.2) is 0 Å². The zero-order chi connectivity index (χ0) is 27.6. The zero-order valence-electron chi connectivity index (χ0n) is 23.4. The molecular weight excluding hydrogens is 492 g/mol. The van der Waals surface area contributed by atoms with Crippen LogP contribution in [0.3, 0.4) is 0 Å². The van der Waals surface area contributed by atoms with E-state index in [-0.39, 0.29) is 5.41 Å². The first-order chi connectivity index (χ1) is 20.1. The summed E-state index contributed by atoms with van der Waals surface area (Å²) < 4.78 is 0. The highest BCUT2D eigenvalue weighted by atomic mass is 14.4. The van der Waals surface area contributed by atoms with E-state index in [0.717, 1.165) is 0 Å². The van der Waals surface area contributed by atoms with E-state index < -0.39 is 0 Å². The van der Waals surface area contributed by atoms with Crippen molar-refractivity contribution >= 4 is 21.5 Å². The lowest BCUT2D eigenvalue weighted by atomic mass is 9.81.